The van der Waals surface area contributed by atoms with Crippen molar-refractivity contribution in [2.45, 2.75) is 32.0 Å². The first-order valence-corrected chi connectivity index (χ1v) is 6.65. The third kappa shape index (κ3) is 3.21. The minimum atomic E-state index is -0.351. The van der Waals surface area contributed by atoms with E-state index in [0.29, 0.717) is 10.7 Å². The number of carbonyl (C=O) groups is 1. The Morgan fingerprint density at radius 2 is 2.29 bits per heavy atom. The number of ether oxygens (including phenoxy) is 1. The summed E-state index contributed by atoms with van der Waals surface area (Å²) in [5, 5.41) is 3.41. The number of benzene rings is 1. The molecule has 0 saturated carbocycles. The van der Waals surface area contributed by atoms with Crippen molar-refractivity contribution in [3.05, 3.63) is 27.7 Å². The fourth-order valence-electron chi connectivity index (χ4n) is 1.80. The van der Waals surface area contributed by atoms with Gasteiger partial charge in [-0.25, -0.2) is 0 Å². The third-order valence-electron chi connectivity index (χ3n) is 2.71. The summed E-state index contributed by atoms with van der Waals surface area (Å²) in [6, 6.07) is 5.27. The average molecular weight is 319 g/mol. The number of halogens is 2. The predicted molar refractivity (Wildman–Crippen MR) is 71.4 cm³/mol. The summed E-state index contributed by atoms with van der Waals surface area (Å²) in [7, 11) is 0. The smallest absolute Gasteiger partial charge is 0.253 e. The van der Waals surface area contributed by atoms with Crippen LogP contribution in [-0.2, 0) is 9.53 Å². The van der Waals surface area contributed by atoms with Crippen molar-refractivity contribution in [2.75, 3.05) is 5.32 Å². The minimum absolute atomic E-state index is 0.114. The molecule has 1 N–H and O–H groups in total. The molecule has 1 saturated heterocycles. The van der Waals surface area contributed by atoms with Crippen LogP contribution in [0.2, 0.25) is 5.02 Å². The Bertz CT molecular complexity index is 439. The molecular formula is C12H13BrClNO2. The summed E-state index contributed by atoms with van der Waals surface area (Å²) in [5.74, 6) is -0.114. The van der Waals surface area contributed by atoms with E-state index in [2.05, 4.69) is 21.2 Å². The van der Waals surface area contributed by atoms with Crippen molar-refractivity contribution in [1.29, 1.82) is 0 Å². The van der Waals surface area contributed by atoms with Gasteiger partial charge in [0.15, 0.2) is 0 Å². The van der Waals surface area contributed by atoms with Gasteiger partial charge in [-0.05, 0) is 53.9 Å². The van der Waals surface area contributed by atoms with Crippen molar-refractivity contribution >= 4 is 39.1 Å². The molecular weight excluding hydrogens is 305 g/mol. The monoisotopic (exact) mass is 317 g/mol. The SMILES string of the molecule is CC1CCC(C(=O)Nc2cc(Cl)ccc2Br)O1. The highest BCUT2D eigenvalue weighted by atomic mass is 79.9. The van der Waals surface area contributed by atoms with Crippen LogP contribution in [0.4, 0.5) is 5.69 Å². The van der Waals surface area contributed by atoms with Crippen LogP contribution in [0.15, 0.2) is 22.7 Å². The van der Waals surface area contributed by atoms with Crippen molar-refractivity contribution in [3.63, 3.8) is 0 Å². The van der Waals surface area contributed by atoms with Crippen LogP contribution in [0.3, 0.4) is 0 Å². The van der Waals surface area contributed by atoms with Gasteiger partial charge in [-0.2, -0.15) is 0 Å². The zero-order valence-corrected chi connectivity index (χ0v) is 11.7. The van der Waals surface area contributed by atoms with Crippen molar-refractivity contribution in [2.24, 2.45) is 0 Å². The van der Waals surface area contributed by atoms with Crippen molar-refractivity contribution < 1.29 is 9.53 Å². The maximum Gasteiger partial charge on any atom is 0.253 e. The standard InChI is InChI=1S/C12H13BrClNO2/c1-7-2-5-11(17-7)12(16)15-10-6-8(14)3-4-9(10)13/h3-4,6-7,11H,2,5H2,1H3,(H,15,16). The zero-order valence-electron chi connectivity index (χ0n) is 9.37. The first-order valence-electron chi connectivity index (χ1n) is 5.47. The number of hydrogen-bond acceptors (Lipinski definition) is 2. The Morgan fingerprint density at radius 3 is 2.94 bits per heavy atom. The molecule has 5 heteroatoms. The lowest BCUT2D eigenvalue weighted by molar-refractivity contribution is -0.126. The minimum Gasteiger partial charge on any atom is -0.365 e. The van der Waals surface area contributed by atoms with Gasteiger partial charge in [0, 0.05) is 9.50 Å². The number of anilines is 1. The molecule has 1 fully saturated rings. The maximum atomic E-state index is 11.9. The van der Waals surface area contributed by atoms with E-state index in [0.717, 1.165) is 17.3 Å². The van der Waals surface area contributed by atoms with E-state index < -0.39 is 0 Å². The third-order valence-corrected chi connectivity index (χ3v) is 3.64. The van der Waals surface area contributed by atoms with Crippen molar-refractivity contribution in [1.82, 2.24) is 0 Å². The maximum absolute atomic E-state index is 11.9. The highest BCUT2D eigenvalue weighted by Gasteiger charge is 2.28. The van der Waals surface area contributed by atoms with Gasteiger partial charge in [0.2, 0.25) is 0 Å². The van der Waals surface area contributed by atoms with Crippen LogP contribution in [0, 0.1) is 0 Å². The molecule has 3 nitrogen and oxygen atoms in total. The van der Waals surface area contributed by atoms with E-state index >= 15 is 0 Å². The highest BCUT2D eigenvalue weighted by Crippen LogP contribution is 2.27. The summed E-state index contributed by atoms with van der Waals surface area (Å²) in [6.07, 6.45) is 1.50. The molecule has 1 heterocycles. The predicted octanol–water partition coefficient (Wildman–Crippen LogP) is 3.61. The van der Waals surface area contributed by atoms with Crippen LogP contribution in [0.25, 0.3) is 0 Å². The quantitative estimate of drug-likeness (QED) is 0.904. The van der Waals surface area contributed by atoms with E-state index in [4.69, 9.17) is 16.3 Å². The molecule has 0 radical (unpaired) electrons. The van der Waals surface area contributed by atoms with Gasteiger partial charge in [0.1, 0.15) is 6.10 Å². The van der Waals surface area contributed by atoms with E-state index in [-0.39, 0.29) is 18.1 Å². The fraction of sp³-hybridized carbons (Fsp3) is 0.417. The molecule has 0 spiro atoms. The van der Waals surface area contributed by atoms with E-state index in [9.17, 15) is 4.79 Å². The van der Waals surface area contributed by atoms with Gasteiger partial charge in [0.05, 0.1) is 11.8 Å². The molecule has 1 aromatic rings. The highest BCUT2D eigenvalue weighted by molar-refractivity contribution is 9.10. The molecule has 1 aliphatic rings. The number of carbonyl (C=O) groups excluding carboxylic acids is 1. The summed E-state index contributed by atoms with van der Waals surface area (Å²) < 4.78 is 6.31. The van der Waals surface area contributed by atoms with Crippen LogP contribution < -0.4 is 5.32 Å². The van der Waals surface area contributed by atoms with Gasteiger partial charge in [-0.15, -0.1) is 0 Å². The Hall–Kier alpha value is -0.580. The molecule has 92 valence electrons. The van der Waals surface area contributed by atoms with Gasteiger partial charge in [-0.3, -0.25) is 4.79 Å². The zero-order chi connectivity index (χ0) is 12.4. The second-order valence-electron chi connectivity index (χ2n) is 4.13. The number of rotatable bonds is 2. The van der Waals surface area contributed by atoms with Gasteiger partial charge in [0.25, 0.3) is 5.91 Å². The molecule has 2 atom stereocenters. The van der Waals surface area contributed by atoms with Crippen LogP contribution in [0.5, 0.6) is 0 Å². The number of nitrogens with one attached hydrogen (secondary N) is 1. The molecule has 1 aromatic carbocycles. The first-order chi connectivity index (χ1) is 8.06. The Morgan fingerprint density at radius 1 is 1.53 bits per heavy atom. The van der Waals surface area contributed by atoms with Gasteiger partial charge in [-0.1, -0.05) is 11.6 Å². The molecule has 17 heavy (non-hydrogen) atoms. The molecule has 0 bridgehead atoms. The average Bonchev–Trinajstić information content (AvgIpc) is 2.70. The van der Waals surface area contributed by atoms with E-state index in [1.54, 1.807) is 18.2 Å². The summed E-state index contributed by atoms with van der Waals surface area (Å²) in [6.45, 7) is 1.97. The lowest BCUT2D eigenvalue weighted by Crippen LogP contribution is -2.27. The molecule has 0 aliphatic carbocycles. The molecule has 1 aliphatic heterocycles. The number of hydrogen-bond donors (Lipinski definition) is 1. The fourth-order valence-corrected chi connectivity index (χ4v) is 2.32. The van der Waals surface area contributed by atoms with Gasteiger partial charge < -0.3 is 10.1 Å². The van der Waals surface area contributed by atoms with E-state index in [1.165, 1.54) is 0 Å². The summed E-state index contributed by atoms with van der Waals surface area (Å²) >= 11 is 9.24. The van der Waals surface area contributed by atoms with Crippen LogP contribution in [-0.4, -0.2) is 18.1 Å². The Labute approximate surface area is 114 Å². The van der Waals surface area contributed by atoms with Crippen LogP contribution in [0.1, 0.15) is 19.8 Å². The second-order valence-corrected chi connectivity index (χ2v) is 5.42. The first kappa shape index (κ1) is 12.9. The Kier molecular flexibility index (Phi) is 4.07. The van der Waals surface area contributed by atoms with E-state index in [1.807, 2.05) is 6.92 Å². The van der Waals surface area contributed by atoms with Crippen molar-refractivity contribution in [3.8, 4) is 0 Å². The summed E-state index contributed by atoms with van der Waals surface area (Å²) in [4.78, 5) is 11.9. The second kappa shape index (κ2) is 5.38. The molecule has 2 rings (SSSR count). The van der Waals surface area contributed by atoms with Crippen LogP contribution >= 0.6 is 27.5 Å². The molecule has 0 aromatic heterocycles. The number of amides is 1. The van der Waals surface area contributed by atoms with Gasteiger partial charge >= 0.3 is 0 Å². The lowest BCUT2D eigenvalue weighted by Gasteiger charge is -2.13. The largest absolute Gasteiger partial charge is 0.365 e. The normalized spacial score (nSPS) is 23.7. The summed E-state index contributed by atoms with van der Waals surface area (Å²) in [5.41, 5.74) is 0.672. The lowest BCUT2D eigenvalue weighted by atomic mass is 10.2. The Balaban J connectivity index is 2.05. The molecule has 1 amide bonds. The molecule has 2 unspecified atom stereocenters. The topological polar surface area (TPSA) is 38.3 Å².